The molecule has 4 nitrogen and oxygen atoms in total. The number of pyridine rings is 1. The highest BCUT2D eigenvalue weighted by Gasteiger charge is 2.31. The largest absolute Gasteiger partial charge is 0.355 e. The Morgan fingerprint density at radius 1 is 1.71 bits per heavy atom. The summed E-state index contributed by atoms with van der Waals surface area (Å²) in [5.41, 5.74) is -0.349. The molecular weight excluding hydrogens is 180 g/mol. The maximum atomic E-state index is 12.1. The molecule has 0 aromatic carbocycles. The van der Waals surface area contributed by atoms with Crippen LogP contribution in [0.4, 0.5) is 0 Å². The maximum absolute atomic E-state index is 12.1. The van der Waals surface area contributed by atoms with Gasteiger partial charge in [-0.3, -0.25) is 14.6 Å². The minimum Gasteiger partial charge on any atom is -0.355 e. The molecule has 1 fully saturated rings. The van der Waals surface area contributed by atoms with E-state index in [0.29, 0.717) is 13.0 Å². The molecule has 1 aliphatic rings. The molecule has 1 unspecified atom stereocenters. The van der Waals surface area contributed by atoms with Crippen molar-refractivity contribution >= 4 is 11.7 Å². The first-order valence-electron chi connectivity index (χ1n) is 6.19. The first-order chi connectivity index (χ1) is 8.43. The van der Waals surface area contributed by atoms with E-state index in [1.54, 1.807) is 0 Å². The van der Waals surface area contributed by atoms with Crippen molar-refractivity contribution in [1.29, 1.82) is 0 Å². The van der Waals surface area contributed by atoms with E-state index >= 15 is 0 Å². The van der Waals surface area contributed by atoms with Crippen LogP contribution in [0.2, 0.25) is 0 Å². The second kappa shape index (κ2) is 3.57. The number of nitrogens with zero attached hydrogens (tertiary/aromatic N) is 1. The van der Waals surface area contributed by atoms with E-state index in [2.05, 4.69) is 10.3 Å². The van der Waals surface area contributed by atoms with Gasteiger partial charge in [-0.2, -0.15) is 0 Å². The van der Waals surface area contributed by atoms with Crippen molar-refractivity contribution in [1.82, 2.24) is 10.3 Å². The molecule has 0 saturated carbocycles. The van der Waals surface area contributed by atoms with Gasteiger partial charge in [0.25, 0.3) is 0 Å². The zero-order chi connectivity index (χ0) is 13.4. The quantitative estimate of drug-likeness (QED) is 0.547. The normalized spacial score (nSPS) is 24.6. The van der Waals surface area contributed by atoms with Crippen LogP contribution < -0.4 is 5.32 Å². The summed E-state index contributed by atoms with van der Waals surface area (Å²) in [6.45, 7) is 0.383. The van der Waals surface area contributed by atoms with Crippen LogP contribution in [-0.4, -0.2) is 23.2 Å². The van der Waals surface area contributed by atoms with Crippen molar-refractivity contribution in [2.45, 2.75) is 6.42 Å². The van der Waals surface area contributed by atoms with Crippen LogP contribution in [0, 0.1) is 5.92 Å². The molecule has 0 aliphatic carbocycles. The molecule has 1 aliphatic heterocycles. The monoisotopic (exact) mass is 194 g/mol. The fraction of sp³-hybridized carbons (Fsp3) is 0.300. The van der Waals surface area contributed by atoms with Crippen molar-refractivity contribution in [2.24, 2.45) is 5.92 Å². The van der Waals surface area contributed by atoms with E-state index in [0.717, 1.165) is 0 Å². The topological polar surface area (TPSA) is 59.1 Å². The van der Waals surface area contributed by atoms with Crippen LogP contribution >= 0.6 is 0 Å². The summed E-state index contributed by atoms with van der Waals surface area (Å²) in [5, 5.41) is 2.50. The SMILES string of the molecule is [2H]c1nc([2H])c(C(=O)C2CCNC2=O)c([2H])c1[2H]. The summed E-state index contributed by atoms with van der Waals surface area (Å²) in [6, 6.07) is -1.02. The highest BCUT2D eigenvalue weighted by Crippen LogP contribution is 2.15. The smallest absolute Gasteiger partial charge is 0.231 e. The van der Waals surface area contributed by atoms with Gasteiger partial charge in [0.2, 0.25) is 5.91 Å². The standard InChI is InChI=1S/C10H10N2O2/c13-9(7-2-1-4-11-6-7)8-3-5-12-10(8)14/h1-2,4,6,8H,3,5H2,(H,12,14)/i1D,2D,4D,6D. The Bertz CT molecular complexity index is 547. The van der Waals surface area contributed by atoms with Gasteiger partial charge >= 0.3 is 0 Å². The van der Waals surface area contributed by atoms with Gasteiger partial charge in [-0.05, 0) is 18.5 Å². The van der Waals surface area contributed by atoms with E-state index in [4.69, 9.17) is 5.48 Å². The first kappa shape index (κ1) is 5.24. The maximum Gasteiger partial charge on any atom is 0.231 e. The molecule has 2 rings (SSSR count). The molecule has 1 amide bonds. The van der Waals surface area contributed by atoms with Crippen LogP contribution in [0.3, 0.4) is 0 Å². The molecular formula is C10H10N2O2. The van der Waals surface area contributed by atoms with Crippen LogP contribution in [0.15, 0.2) is 24.4 Å². The second-order valence-corrected chi connectivity index (χ2v) is 2.96. The Hall–Kier alpha value is -1.71. The fourth-order valence-electron chi connectivity index (χ4n) is 1.37. The third-order valence-electron chi connectivity index (χ3n) is 2.08. The predicted octanol–water partition coefficient (Wildman–Crippen LogP) is 0.400. The lowest BCUT2D eigenvalue weighted by Gasteiger charge is -2.04. The zero-order valence-corrected chi connectivity index (χ0v) is 7.26. The highest BCUT2D eigenvalue weighted by atomic mass is 16.2. The Labute approximate surface area is 87.0 Å². The Kier molecular flexibility index (Phi) is 1.34. The third-order valence-corrected chi connectivity index (χ3v) is 2.08. The third kappa shape index (κ3) is 1.51. The molecule has 0 radical (unpaired) electrons. The number of carbonyl (C=O) groups is 2. The molecule has 14 heavy (non-hydrogen) atoms. The van der Waals surface area contributed by atoms with Gasteiger partial charge in [0.1, 0.15) is 5.92 Å². The second-order valence-electron chi connectivity index (χ2n) is 2.96. The molecule has 1 atom stereocenters. The number of aromatic nitrogens is 1. The zero-order valence-electron chi connectivity index (χ0n) is 11.3. The van der Waals surface area contributed by atoms with Crippen LogP contribution in [0.25, 0.3) is 0 Å². The molecule has 0 spiro atoms. The van der Waals surface area contributed by atoms with Crippen molar-refractivity contribution < 1.29 is 15.1 Å². The highest BCUT2D eigenvalue weighted by molar-refractivity contribution is 6.10. The summed E-state index contributed by atoms with van der Waals surface area (Å²) in [6.07, 6.45) is -0.727. The lowest BCUT2D eigenvalue weighted by molar-refractivity contribution is -0.121. The van der Waals surface area contributed by atoms with Gasteiger partial charge in [0.05, 0.1) is 5.48 Å². The van der Waals surface area contributed by atoms with Gasteiger partial charge in [-0.15, -0.1) is 0 Å². The van der Waals surface area contributed by atoms with Gasteiger partial charge in [0, 0.05) is 24.5 Å². The number of rotatable bonds is 2. The van der Waals surface area contributed by atoms with E-state index in [9.17, 15) is 9.59 Å². The minimum absolute atomic E-state index is 0.312. The number of Topliss-reactive ketones (excluding diaryl/α,β-unsaturated/α-hetero) is 1. The van der Waals surface area contributed by atoms with Crippen molar-refractivity contribution in [3.63, 3.8) is 0 Å². The van der Waals surface area contributed by atoms with E-state index in [-0.39, 0.29) is 5.56 Å². The lowest BCUT2D eigenvalue weighted by atomic mass is 9.98. The van der Waals surface area contributed by atoms with Crippen molar-refractivity contribution in [3.8, 4) is 0 Å². The van der Waals surface area contributed by atoms with E-state index in [1.165, 1.54) is 0 Å². The summed E-state index contributed by atoms with van der Waals surface area (Å²) < 4.78 is 29.8. The van der Waals surface area contributed by atoms with Crippen LogP contribution in [0.5, 0.6) is 0 Å². The number of amides is 1. The lowest BCUT2D eigenvalue weighted by Crippen LogP contribution is -2.25. The number of nitrogens with one attached hydrogen (secondary N) is 1. The molecule has 72 valence electrons. The molecule has 1 aromatic heterocycles. The molecule has 1 saturated heterocycles. The van der Waals surface area contributed by atoms with Gasteiger partial charge in [0.15, 0.2) is 5.78 Å². The Balaban J connectivity index is 2.48. The molecule has 4 heteroatoms. The molecule has 1 aromatic rings. The van der Waals surface area contributed by atoms with Gasteiger partial charge < -0.3 is 5.32 Å². The fourth-order valence-corrected chi connectivity index (χ4v) is 1.37. The van der Waals surface area contributed by atoms with Crippen LogP contribution in [0.1, 0.15) is 22.3 Å². The minimum atomic E-state index is -0.920. The summed E-state index contributed by atoms with van der Waals surface area (Å²) in [4.78, 5) is 26.9. The van der Waals surface area contributed by atoms with Crippen LogP contribution in [-0.2, 0) is 4.79 Å². The van der Waals surface area contributed by atoms with Gasteiger partial charge in [-0.1, -0.05) is 0 Å². The summed E-state index contributed by atoms with van der Waals surface area (Å²) >= 11 is 0. The molecule has 2 heterocycles. The average molecular weight is 194 g/mol. The number of hydrogen-bond donors (Lipinski definition) is 1. The van der Waals surface area contributed by atoms with Gasteiger partial charge in [-0.25, -0.2) is 0 Å². The van der Waals surface area contributed by atoms with E-state index < -0.39 is 42.0 Å². The Morgan fingerprint density at radius 2 is 2.57 bits per heavy atom. The number of carbonyl (C=O) groups excluding carboxylic acids is 2. The predicted molar refractivity (Wildman–Crippen MR) is 49.7 cm³/mol. The Morgan fingerprint density at radius 3 is 3.29 bits per heavy atom. The number of hydrogen-bond acceptors (Lipinski definition) is 3. The van der Waals surface area contributed by atoms with Crippen molar-refractivity contribution in [2.75, 3.05) is 6.54 Å². The average Bonchev–Trinajstić information content (AvgIpc) is 2.72. The summed E-state index contributed by atoms with van der Waals surface area (Å²) in [5.74, 6) is -2.02. The van der Waals surface area contributed by atoms with Crippen molar-refractivity contribution in [3.05, 3.63) is 30.0 Å². The molecule has 0 bridgehead atoms. The summed E-state index contributed by atoms with van der Waals surface area (Å²) in [7, 11) is 0. The number of ketones is 1. The van der Waals surface area contributed by atoms with E-state index in [1.807, 2.05) is 0 Å². The molecule has 1 N–H and O–H groups in total. The first-order valence-corrected chi connectivity index (χ1v) is 4.19.